The highest BCUT2D eigenvalue weighted by molar-refractivity contribution is 7.18. The summed E-state index contributed by atoms with van der Waals surface area (Å²) in [5, 5.41) is 10.5. The van der Waals surface area contributed by atoms with E-state index in [1.54, 1.807) is 11.3 Å². The van der Waals surface area contributed by atoms with Crippen LogP contribution in [0.1, 0.15) is 17.8 Å². The fourth-order valence-electron chi connectivity index (χ4n) is 2.47. The predicted octanol–water partition coefficient (Wildman–Crippen LogP) is 2.25. The summed E-state index contributed by atoms with van der Waals surface area (Å²) in [7, 11) is 0. The van der Waals surface area contributed by atoms with Crippen LogP contribution < -0.4 is 0 Å². The third-order valence-corrected chi connectivity index (χ3v) is 4.41. The first-order valence-electron chi connectivity index (χ1n) is 6.06. The van der Waals surface area contributed by atoms with Gasteiger partial charge in [0.15, 0.2) is 0 Å². The highest BCUT2D eigenvalue weighted by atomic mass is 32.1. The van der Waals surface area contributed by atoms with Gasteiger partial charge in [0, 0.05) is 6.04 Å². The van der Waals surface area contributed by atoms with E-state index in [2.05, 4.69) is 28.1 Å². The first-order chi connectivity index (χ1) is 8.36. The van der Waals surface area contributed by atoms with Gasteiger partial charge in [0.2, 0.25) is 0 Å². The van der Waals surface area contributed by atoms with Crippen molar-refractivity contribution in [2.45, 2.75) is 25.4 Å². The van der Waals surface area contributed by atoms with Gasteiger partial charge in [-0.05, 0) is 31.5 Å². The van der Waals surface area contributed by atoms with Crippen molar-refractivity contribution in [3.63, 3.8) is 0 Å². The summed E-state index contributed by atoms with van der Waals surface area (Å²) in [6, 6.07) is 8.59. The highest BCUT2D eigenvalue weighted by Crippen LogP contribution is 2.25. The zero-order valence-electron chi connectivity index (χ0n) is 9.67. The molecule has 1 N–H and O–H groups in total. The van der Waals surface area contributed by atoms with Crippen LogP contribution in [0.25, 0.3) is 10.2 Å². The molecule has 1 aliphatic heterocycles. The van der Waals surface area contributed by atoms with Crippen molar-refractivity contribution in [2.24, 2.45) is 0 Å². The predicted molar refractivity (Wildman–Crippen MR) is 70.1 cm³/mol. The fourth-order valence-corrected chi connectivity index (χ4v) is 3.46. The largest absolute Gasteiger partial charge is 0.395 e. The molecule has 1 fully saturated rings. The van der Waals surface area contributed by atoms with E-state index in [0.29, 0.717) is 6.04 Å². The Morgan fingerprint density at radius 1 is 1.41 bits per heavy atom. The SMILES string of the molecule is OCC1CCCN1Cc1nc2ccccc2s1. The topological polar surface area (TPSA) is 36.4 Å². The average Bonchev–Trinajstić information content (AvgIpc) is 2.94. The molecule has 1 aromatic carbocycles. The molecule has 1 saturated heterocycles. The van der Waals surface area contributed by atoms with E-state index in [9.17, 15) is 5.11 Å². The lowest BCUT2D eigenvalue weighted by atomic mass is 10.2. The molecule has 17 heavy (non-hydrogen) atoms. The number of benzene rings is 1. The lowest BCUT2D eigenvalue weighted by Gasteiger charge is -2.20. The van der Waals surface area contributed by atoms with E-state index in [-0.39, 0.29) is 6.61 Å². The van der Waals surface area contributed by atoms with Crippen LogP contribution >= 0.6 is 11.3 Å². The molecule has 0 radical (unpaired) electrons. The third kappa shape index (κ3) is 2.20. The summed E-state index contributed by atoms with van der Waals surface area (Å²) in [6.45, 7) is 2.23. The summed E-state index contributed by atoms with van der Waals surface area (Å²) in [4.78, 5) is 6.99. The summed E-state index contributed by atoms with van der Waals surface area (Å²) in [5.41, 5.74) is 1.09. The molecule has 0 aliphatic carbocycles. The molecule has 3 nitrogen and oxygen atoms in total. The van der Waals surface area contributed by atoms with Gasteiger partial charge in [-0.1, -0.05) is 12.1 Å². The number of hydrogen-bond acceptors (Lipinski definition) is 4. The van der Waals surface area contributed by atoms with Crippen molar-refractivity contribution in [1.29, 1.82) is 0 Å². The molecule has 1 atom stereocenters. The second-order valence-electron chi connectivity index (χ2n) is 4.52. The summed E-state index contributed by atoms with van der Waals surface area (Å²) in [6.07, 6.45) is 2.30. The second kappa shape index (κ2) is 4.72. The zero-order chi connectivity index (χ0) is 11.7. The van der Waals surface area contributed by atoms with Crippen LogP contribution in [0.5, 0.6) is 0 Å². The first kappa shape index (κ1) is 11.1. The third-order valence-electron chi connectivity index (χ3n) is 3.39. The molecule has 2 aromatic rings. The Bertz CT molecular complexity index is 478. The number of rotatable bonds is 3. The molecule has 3 rings (SSSR count). The molecule has 0 saturated carbocycles. The average molecular weight is 248 g/mol. The number of likely N-dealkylation sites (tertiary alicyclic amines) is 1. The normalized spacial score (nSPS) is 21.4. The molecule has 2 heterocycles. The Morgan fingerprint density at radius 2 is 2.29 bits per heavy atom. The number of para-hydroxylation sites is 1. The van der Waals surface area contributed by atoms with Crippen molar-refractivity contribution in [1.82, 2.24) is 9.88 Å². The minimum absolute atomic E-state index is 0.269. The van der Waals surface area contributed by atoms with Crippen molar-refractivity contribution in [3.8, 4) is 0 Å². The smallest absolute Gasteiger partial charge is 0.108 e. The Morgan fingerprint density at radius 3 is 3.12 bits per heavy atom. The van der Waals surface area contributed by atoms with Gasteiger partial charge in [0.1, 0.15) is 5.01 Å². The van der Waals surface area contributed by atoms with Gasteiger partial charge in [-0.2, -0.15) is 0 Å². The molecule has 0 amide bonds. The minimum atomic E-state index is 0.269. The van der Waals surface area contributed by atoms with E-state index in [1.807, 2.05) is 6.07 Å². The number of hydrogen-bond donors (Lipinski definition) is 1. The van der Waals surface area contributed by atoms with Crippen LogP contribution in [0.4, 0.5) is 0 Å². The quantitative estimate of drug-likeness (QED) is 0.905. The van der Waals surface area contributed by atoms with Crippen LogP contribution in [-0.2, 0) is 6.54 Å². The standard InChI is InChI=1S/C13H16N2OS/c16-9-10-4-3-7-15(10)8-13-14-11-5-1-2-6-12(11)17-13/h1-2,5-6,10,16H,3-4,7-9H2. The number of aliphatic hydroxyl groups is 1. The Labute approximate surface area is 105 Å². The number of fused-ring (bicyclic) bond motifs is 1. The van der Waals surface area contributed by atoms with Gasteiger partial charge in [-0.15, -0.1) is 11.3 Å². The molecule has 1 aliphatic rings. The van der Waals surface area contributed by atoms with Crippen molar-refractivity contribution < 1.29 is 5.11 Å². The lowest BCUT2D eigenvalue weighted by molar-refractivity contribution is 0.153. The molecule has 4 heteroatoms. The van der Waals surface area contributed by atoms with Crippen LogP contribution in [0.3, 0.4) is 0 Å². The molecule has 1 unspecified atom stereocenters. The zero-order valence-corrected chi connectivity index (χ0v) is 10.5. The van der Waals surface area contributed by atoms with Crippen LogP contribution in [0.2, 0.25) is 0 Å². The number of aromatic nitrogens is 1. The summed E-state index contributed by atoms with van der Waals surface area (Å²) in [5.74, 6) is 0. The van der Waals surface area contributed by atoms with E-state index in [4.69, 9.17) is 0 Å². The van der Waals surface area contributed by atoms with Gasteiger partial charge in [-0.3, -0.25) is 4.90 Å². The Kier molecular flexibility index (Phi) is 3.09. The molecule has 0 bridgehead atoms. The summed E-state index contributed by atoms with van der Waals surface area (Å²) < 4.78 is 1.25. The highest BCUT2D eigenvalue weighted by Gasteiger charge is 2.24. The Balaban J connectivity index is 1.80. The van der Waals surface area contributed by atoms with Crippen LogP contribution in [-0.4, -0.2) is 34.2 Å². The number of nitrogens with zero attached hydrogens (tertiary/aromatic N) is 2. The monoisotopic (exact) mass is 248 g/mol. The molecule has 0 spiro atoms. The molecule has 1 aromatic heterocycles. The number of thiazole rings is 1. The summed E-state index contributed by atoms with van der Waals surface area (Å²) >= 11 is 1.76. The van der Waals surface area contributed by atoms with Crippen LogP contribution in [0.15, 0.2) is 24.3 Å². The van der Waals surface area contributed by atoms with Gasteiger partial charge in [0.05, 0.1) is 23.4 Å². The maximum Gasteiger partial charge on any atom is 0.108 e. The van der Waals surface area contributed by atoms with E-state index >= 15 is 0 Å². The second-order valence-corrected chi connectivity index (χ2v) is 5.64. The molecular formula is C13H16N2OS. The van der Waals surface area contributed by atoms with E-state index in [0.717, 1.165) is 30.0 Å². The van der Waals surface area contributed by atoms with Gasteiger partial charge in [-0.25, -0.2) is 4.98 Å². The van der Waals surface area contributed by atoms with Gasteiger partial charge < -0.3 is 5.11 Å². The van der Waals surface area contributed by atoms with E-state index < -0.39 is 0 Å². The maximum atomic E-state index is 9.30. The molecular weight excluding hydrogens is 232 g/mol. The van der Waals surface area contributed by atoms with Crippen molar-refractivity contribution >= 4 is 21.6 Å². The van der Waals surface area contributed by atoms with Gasteiger partial charge >= 0.3 is 0 Å². The Hall–Kier alpha value is -0.970. The van der Waals surface area contributed by atoms with Crippen molar-refractivity contribution in [2.75, 3.05) is 13.2 Å². The first-order valence-corrected chi connectivity index (χ1v) is 6.88. The molecule has 90 valence electrons. The van der Waals surface area contributed by atoms with E-state index in [1.165, 1.54) is 11.1 Å². The lowest BCUT2D eigenvalue weighted by Crippen LogP contribution is -2.31. The number of aliphatic hydroxyl groups excluding tert-OH is 1. The fraction of sp³-hybridized carbons (Fsp3) is 0.462. The van der Waals surface area contributed by atoms with Crippen LogP contribution in [0, 0.1) is 0 Å². The maximum absolute atomic E-state index is 9.30. The van der Waals surface area contributed by atoms with Gasteiger partial charge in [0.25, 0.3) is 0 Å². The minimum Gasteiger partial charge on any atom is -0.395 e. The van der Waals surface area contributed by atoms with Crippen molar-refractivity contribution in [3.05, 3.63) is 29.3 Å².